The fourth-order valence-corrected chi connectivity index (χ4v) is 1.93. The smallest absolute Gasteiger partial charge is 0.164 e. The Morgan fingerprint density at radius 1 is 1.43 bits per heavy atom. The summed E-state index contributed by atoms with van der Waals surface area (Å²) in [6.07, 6.45) is 8.54. The lowest BCUT2D eigenvalue weighted by Crippen LogP contribution is -2.07. The van der Waals surface area contributed by atoms with Crippen molar-refractivity contribution in [3.05, 3.63) is 35.1 Å². The van der Waals surface area contributed by atoms with E-state index in [4.69, 9.17) is 11.6 Å². The SMILES string of the molecule is O=C1CCCc2cn(C/C=C/Cl)cc21. The predicted molar refractivity (Wildman–Crippen MR) is 56.7 cm³/mol. The van der Waals surface area contributed by atoms with Crippen molar-refractivity contribution >= 4 is 17.4 Å². The molecular weight excluding hydrogens is 198 g/mol. The number of halogens is 1. The van der Waals surface area contributed by atoms with Crippen molar-refractivity contribution < 1.29 is 4.79 Å². The Balaban J connectivity index is 2.26. The van der Waals surface area contributed by atoms with E-state index in [1.54, 1.807) is 0 Å². The van der Waals surface area contributed by atoms with Crippen LogP contribution in [0.25, 0.3) is 0 Å². The molecule has 0 aliphatic heterocycles. The zero-order valence-corrected chi connectivity index (χ0v) is 8.63. The molecular formula is C11H12ClNO. The maximum atomic E-state index is 11.5. The summed E-state index contributed by atoms with van der Waals surface area (Å²) in [6, 6.07) is 0. The van der Waals surface area contributed by atoms with Gasteiger partial charge in [0.15, 0.2) is 5.78 Å². The van der Waals surface area contributed by atoms with E-state index in [2.05, 4.69) is 0 Å². The molecule has 0 N–H and O–H groups in total. The molecule has 1 aliphatic carbocycles. The molecule has 0 unspecified atom stereocenters. The highest BCUT2D eigenvalue weighted by atomic mass is 35.5. The minimum atomic E-state index is 0.278. The third-order valence-electron chi connectivity index (χ3n) is 2.52. The third-order valence-corrected chi connectivity index (χ3v) is 2.70. The molecule has 3 heteroatoms. The Morgan fingerprint density at radius 3 is 3.00 bits per heavy atom. The number of hydrogen-bond donors (Lipinski definition) is 0. The number of carbonyl (C=O) groups excluding carboxylic acids is 1. The molecule has 0 spiro atoms. The van der Waals surface area contributed by atoms with Gasteiger partial charge in [-0.15, -0.1) is 0 Å². The van der Waals surface area contributed by atoms with E-state index < -0.39 is 0 Å². The molecule has 1 aromatic heterocycles. The minimum absolute atomic E-state index is 0.278. The molecule has 0 amide bonds. The number of rotatable bonds is 2. The second-order valence-corrected chi connectivity index (χ2v) is 3.78. The summed E-state index contributed by atoms with van der Waals surface area (Å²) in [5, 5.41) is 0. The van der Waals surface area contributed by atoms with Crippen molar-refractivity contribution in [1.29, 1.82) is 0 Å². The first-order chi connectivity index (χ1) is 6.81. The third kappa shape index (κ3) is 1.75. The molecule has 2 rings (SSSR count). The van der Waals surface area contributed by atoms with Gasteiger partial charge in [-0.2, -0.15) is 0 Å². The molecule has 0 atom stereocenters. The molecule has 1 aromatic rings. The topological polar surface area (TPSA) is 22.0 Å². The second-order valence-electron chi connectivity index (χ2n) is 3.53. The van der Waals surface area contributed by atoms with Gasteiger partial charge in [-0.1, -0.05) is 17.7 Å². The Hall–Kier alpha value is -1.02. The van der Waals surface area contributed by atoms with E-state index in [9.17, 15) is 4.79 Å². The maximum Gasteiger partial charge on any atom is 0.164 e. The Labute approximate surface area is 88.2 Å². The molecule has 0 radical (unpaired) electrons. The molecule has 0 saturated carbocycles. The van der Waals surface area contributed by atoms with Crippen LogP contribution in [0.3, 0.4) is 0 Å². The van der Waals surface area contributed by atoms with Gasteiger partial charge in [-0.05, 0) is 18.4 Å². The van der Waals surface area contributed by atoms with Gasteiger partial charge in [-0.25, -0.2) is 0 Å². The van der Waals surface area contributed by atoms with E-state index >= 15 is 0 Å². The number of aryl methyl sites for hydroxylation is 1. The number of Topliss-reactive ketones (excluding diaryl/α,β-unsaturated/α-hetero) is 1. The van der Waals surface area contributed by atoms with Crippen molar-refractivity contribution in [3.8, 4) is 0 Å². The van der Waals surface area contributed by atoms with E-state index in [1.807, 2.05) is 23.0 Å². The molecule has 1 aliphatic rings. The van der Waals surface area contributed by atoms with Crippen molar-refractivity contribution in [2.75, 3.05) is 0 Å². The number of nitrogens with zero attached hydrogens (tertiary/aromatic N) is 1. The van der Waals surface area contributed by atoms with Crippen molar-refractivity contribution in [1.82, 2.24) is 4.57 Å². The largest absolute Gasteiger partial charge is 0.349 e. The average Bonchev–Trinajstić information content (AvgIpc) is 2.59. The van der Waals surface area contributed by atoms with Gasteiger partial charge in [0.25, 0.3) is 0 Å². The summed E-state index contributed by atoms with van der Waals surface area (Å²) in [7, 11) is 0. The van der Waals surface area contributed by atoms with Crippen LogP contribution in [0.4, 0.5) is 0 Å². The van der Waals surface area contributed by atoms with Crippen LogP contribution >= 0.6 is 11.6 Å². The quantitative estimate of drug-likeness (QED) is 0.734. The minimum Gasteiger partial charge on any atom is -0.349 e. The predicted octanol–water partition coefficient (Wildman–Crippen LogP) is 2.76. The number of hydrogen-bond acceptors (Lipinski definition) is 1. The van der Waals surface area contributed by atoms with Crippen LogP contribution in [-0.2, 0) is 13.0 Å². The number of allylic oxidation sites excluding steroid dienone is 1. The Morgan fingerprint density at radius 2 is 2.29 bits per heavy atom. The van der Waals surface area contributed by atoms with Gasteiger partial charge in [-0.3, -0.25) is 4.79 Å². The van der Waals surface area contributed by atoms with Gasteiger partial charge < -0.3 is 4.57 Å². The first-order valence-corrected chi connectivity index (χ1v) is 5.22. The standard InChI is InChI=1S/C11H12ClNO/c12-5-2-6-13-7-9-3-1-4-11(14)10(9)8-13/h2,5,7-8H,1,3-4,6H2/b5-2+. The fraction of sp³-hybridized carbons (Fsp3) is 0.364. The van der Waals surface area contributed by atoms with E-state index in [-0.39, 0.29) is 5.78 Å². The van der Waals surface area contributed by atoms with E-state index in [0.717, 1.165) is 24.9 Å². The van der Waals surface area contributed by atoms with Gasteiger partial charge >= 0.3 is 0 Å². The summed E-state index contributed by atoms with van der Waals surface area (Å²) in [6.45, 7) is 0.740. The number of carbonyl (C=O) groups is 1. The lowest BCUT2D eigenvalue weighted by Gasteiger charge is -2.07. The van der Waals surface area contributed by atoms with Gasteiger partial charge in [0.2, 0.25) is 0 Å². The van der Waals surface area contributed by atoms with E-state index in [1.165, 1.54) is 11.1 Å². The lowest BCUT2D eigenvalue weighted by molar-refractivity contribution is 0.0973. The average molecular weight is 210 g/mol. The summed E-state index contributed by atoms with van der Waals surface area (Å²) in [5.74, 6) is 0.278. The van der Waals surface area contributed by atoms with Crippen molar-refractivity contribution in [2.24, 2.45) is 0 Å². The van der Waals surface area contributed by atoms with Crippen LogP contribution in [-0.4, -0.2) is 10.4 Å². The lowest BCUT2D eigenvalue weighted by atomic mass is 9.95. The van der Waals surface area contributed by atoms with Crippen LogP contribution in [0.2, 0.25) is 0 Å². The summed E-state index contributed by atoms with van der Waals surface area (Å²) < 4.78 is 2.01. The Kier molecular flexibility index (Phi) is 2.73. The van der Waals surface area contributed by atoms with Gasteiger partial charge in [0, 0.05) is 36.5 Å². The normalized spacial score (nSPS) is 16.2. The van der Waals surface area contributed by atoms with Crippen LogP contribution in [0.5, 0.6) is 0 Å². The number of fused-ring (bicyclic) bond motifs is 1. The highest BCUT2D eigenvalue weighted by Gasteiger charge is 2.18. The zero-order chi connectivity index (χ0) is 9.97. The van der Waals surface area contributed by atoms with Gasteiger partial charge in [0.1, 0.15) is 0 Å². The van der Waals surface area contributed by atoms with Crippen molar-refractivity contribution in [2.45, 2.75) is 25.8 Å². The van der Waals surface area contributed by atoms with Crippen LogP contribution in [0, 0.1) is 0 Å². The highest BCUT2D eigenvalue weighted by Crippen LogP contribution is 2.21. The molecule has 0 saturated heterocycles. The monoisotopic (exact) mass is 209 g/mol. The summed E-state index contributed by atoms with van der Waals surface area (Å²) in [4.78, 5) is 11.5. The first kappa shape index (κ1) is 9.53. The molecule has 14 heavy (non-hydrogen) atoms. The molecule has 74 valence electrons. The van der Waals surface area contributed by atoms with E-state index in [0.29, 0.717) is 6.42 Å². The molecule has 0 bridgehead atoms. The molecule has 0 fully saturated rings. The van der Waals surface area contributed by atoms with Crippen molar-refractivity contribution in [3.63, 3.8) is 0 Å². The number of ketones is 1. The Bertz CT molecular complexity index is 379. The van der Waals surface area contributed by atoms with Crippen LogP contribution in [0.1, 0.15) is 28.8 Å². The van der Waals surface area contributed by atoms with Crippen LogP contribution in [0.15, 0.2) is 24.0 Å². The fourth-order valence-electron chi connectivity index (χ4n) is 1.85. The molecule has 0 aromatic carbocycles. The van der Waals surface area contributed by atoms with Gasteiger partial charge in [0.05, 0.1) is 0 Å². The summed E-state index contributed by atoms with van der Waals surface area (Å²) >= 11 is 5.45. The first-order valence-electron chi connectivity index (χ1n) is 4.78. The maximum absolute atomic E-state index is 11.5. The molecule has 1 heterocycles. The molecule has 2 nitrogen and oxygen atoms in total. The van der Waals surface area contributed by atoms with Crippen LogP contribution < -0.4 is 0 Å². The zero-order valence-electron chi connectivity index (χ0n) is 7.87. The number of aromatic nitrogens is 1. The summed E-state index contributed by atoms with van der Waals surface area (Å²) in [5.41, 5.74) is 3.59. The second kappa shape index (κ2) is 4.01. The highest BCUT2D eigenvalue weighted by molar-refractivity contribution is 6.25.